The highest BCUT2D eigenvalue weighted by molar-refractivity contribution is 7.99. The van der Waals surface area contributed by atoms with E-state index in [1.807, 2.05) is 0 Å². The van der Waals surface area contributed by atoms with Gasteiger partial charge in [0.05, 0.1) is 0 Å². The average molecular weight is 289 g/mol. The number of benzene rings is 2. The SMILES string of the molecule is Cc1cc(Sc2ccc(C(C)(C)C)cc2)c(N)cc1F. The molecule has 2 aromatic carbocycles. The quantitative estimate of drug-likeness (QED) is 0.772. The van der Waals surface area contributed by atoms with Crippen molar-refractivity contribution in [3.8, 4) is 0 Å². The fourth-order valence-electron chi connectivity index (χ4n) is 1.91. The Kier molecular flexibility index (Phi) is 4.09. The van der Waals surface area contributed by atoms with E-state index < -0.39 is 0 Å². The highest BCUT2D eigenvalue weighted by Crippen LogP contribution is 2.34. The van der Waals surface area contributed by atoms with Crippen LogP contribution >= 0.6 is 11.8 Å². The lowest BCUT2D eigenvalue weighted by Gasteiger charge is -2.19. The number of nitrogen functional groups attached to an aromatic ring is 1. The Balaban J connectivity index is 2.25. The van der Waals surface area contributed by atoms with Crippen LogP contribution in [0.3, 0.4) is 0 Å². The van der Waals surface area contributed by atoms with Crippen LogP contribution in [-0.4, -0.2) is 0 Å². The molecule has 0 saturated carbocycles. The number of halogens is 1. The molecule has 0 saturated heterocycles. The summed E-state index contributed by atoms with van der Waals surface area (Å²) in [6, 6.07) is 11.6. The second kappa shape index (κ2) is 5.49. The van der Waals surface area contributed by atoms with E-state index in [-0.39, 0.29) is 11.2 Å². The lowest BCUT2D eigenvalue weighted by atomic mass is 9.87. The Morgan fingerprint density at radius 2 is 1.65 bits per heavy atom. The van der Waals surface area contributed by atoms with Gasteiger partial charge in [-0.15, -0.1) is 0 Å². The van der Waals surface area contributed by atoms with E-state index in [1.165, 1.54) is 11.6 Å². The Morgan fingerprint density at radius 1 is 1.05 bits per heavy atom. The first kappa shape index (κ1) is 14.9. The lowest BCUT2D eigenvalue weighted by Crippen LogP contribution is -2.10. The Labute approximate surface area is 124 Å². The number of hydrogen-bond donors (Lipinski definition) is 1. The normalized spacial score (nSPS) is 11.7. The topological polar surface area (TPSA) is 26.0 Å². The molecule has 3 heteroatoms. The largest absolute Gasteiger partial charge is 0.398 e. The maximum atomic E-state index is 13.4. The molecule has 0 fully saturated rings. The standard InChI is InChI=1S/C17H20FNS/c1-11-9-16(15(19)10-14(11)18)20-13-7-5-12(6-8-13)17(2,3)4/h5-10H,19H2,1-4H3. The number of anilines is 1. The van der Waals surface area contributed by atoms with Gasteiger partial charge in [-0.25, -0.2) is 4.39 Å². The summed E-state index contributed by atoms with van der Waals surface area (Å²) in [5.74, 6) is -0.255. The molecule has 2 rings (SSSR count). The summed E-state index contributed by atoms with van der Waals surface area (Å²) in [6.07, 6.45) is 0. The van der Waals surface area contributed by atoms with Gasteiger partial charge >= 0.3 is 0 Å². The smallest absolute Gasteiger partial charge is 0.128 e. The van der Waals surface area contributed by atoms with Gasteiger partial charge in [0.2, 0.25) is 0 Å². The summed E-state index contributed by atoms with van der Waals surface area (Å²) in [5.41, 5.74) is 8.42. The van der Waals surface area contributed by atoms with Gasteiger partial charge < -0.3 is 5.73 Å². The van der Waals surface area contributed by atoms with Gasteiger partial charge in [0.25, 0.3) is 0 Å². The van der Waals surface area contributed by atoms with E-state index in [2.05, 4.69) is 45.0 Å². The minimum atomic E-state index is -0.255. The van der Waals surface area contributed by atoms with Crippen LogP contribution in [0.5, 0.6) is 0 Å². The zero-order valence-electron chi connectivity index (χ0n) is 12.3. The van der Waals surface area contributed by atoms with Gasteiger partial charge in [-0.3, -0.25) is 0 Å². The van der Waals surface area contributed by atoms with E-state index in [4.69, 9.17) is 5.73 Å². The molecular weight excluding hydrogens is 269 g/mol. The fraction of sp³-hybridized carbons (Fsp3) is 0.294. The van der Waals surface area contributed by atoms with Crippen molar-refractivity contribution in [2.45, 2.75) is 42.9 Å². The maximum absolute atomic E-state index is 13.4. The molecular formula is C17H20FNS. The van der Waals surface area contributed by atoms with E-state index >= 15 is 0 Å². The van der Waals surface area contributed by atoms with Crippen molar-refractivity contribution < 1.29 is 4.39 Å². The molecule has 0 aliphatic carbocycles. The Hall–Kier alpha value is -1.48. The van der Waals surface area contributed by atoms with Gasteiger partial charge in [-0.2, -0.15) is 0 Å². The van der Waals surface area contributed by atoms with Crippen LogP contribution in [-0.2, 0) is 5.41 Å². The third kappa shape index (κ3) is 3.34. The predicted molar refractivity (Wildman–Crippen MR) is 84.8 cm³/mol. The number of hydrogen-bond acceptors (Lipinski definition) is 2. The van der Waals surface area contributed by atoms with Crippen LogP contribution in [0.4, 0.5) is 10.1 Å². The highest BCUT2D eigenvalue weighted by Gasteiger charge is 2.13. The molecule has 0 heterocycles. The van der Waals surface area contributed by atoms with Gasteiger partial charge in [-0.05, 0) is 47.7 Å². The second-order valence-electron chi connectivity index (χ2n) is 6.02. The molecule has 2 N–H and O–H groups in total. The van der Waals surface area contributed by atoms with Gasteiger partial charge in [0.15, 0.2) is 0 Å². The summed E-state index contributed by atoms with van der Waals surface area (Å²) in [6.45, 7) is 8.32. The van der Waals surface area contributed by atoms with Crippen molar-refractivity contribution in [1.29, 1.82) is 0 Å². The van der Waals surface area contributed by atoms with Crippen molar-refractivity contribution >= 4 is 17.4 Å². The maximum Gasteiger partial charge on any atom is 0.128 e. The van der Waals surface area contributed by atoms with Crippen LogP contribution in [0.15, 0.2) is 46.2 Å². The summed E-state index contributed by atoms with van der Waals surface area (Å²) in [4.78, 5) is 2.00. The van der Waals surface area contributed by atoms with Crippen molar-refractivity contribution in [3.63, 3.8) is 0 Å². The molecule has 106 valence electrons. The molecule has 0 aliphatic rings. The summed E-state index contributed by atoms with van der Waals surface area (Å²) in [5, 5.41) is 0. The zero-order valence-corrected chi connectivity index (χ0v) is 13.1. The highest BCUT2D eigenvalue weighted by atomic mass is 32.2. The molecule has 20 heavy (non-hydrogen) atoms. The van der Waals surface area contributed by atoms with Gasteiger partial charge in [0.1, 0.15) is 5.82 Å². The summed E-state index contributed by atoms with van der Waals surface area (Å²) in [7, 11) is 0. The number of nitrogens with two attached hydrogens (primary N) is 1. The Bertz CT molecular complexity index is 612. The third-order valence-corrected chi connectivity index (χ3v) is 4.32. The first-order valence-electron chi connectivity index (χ1n) is 6.61. The van der Waals surface area contributed by atoms with E-state index in [0.717, 1.165) is 9.79 Å². The van der Waals surface area contributed by atoms with Crippen molar-refractivity contribution in [2.75, 3.05) is 5.73 Å². The Morgan fingerprint density at radius 3 is 2.20 bits per heavy atom. The molecule has 2 aromatic rings. The van der Waals surface area contributed by atoms with Gasteiger partial charge in [-0.1, -0.05) is 44.7 Å². The molecule has 0 radical (unpaired) electrons. The monoisotopic (exact) mass is 289 g/mol. The molecule has 0 amide bonds. The zero-order chi connectivity index (χ0) is 14.9. The minimum absolute atomic E-state index is 0.148. The molecule has 0 aliphatic heterocycles. The molecule has 0 aromatic heterocycles. The average Bonchev–Trinajstić information content (AvgIpc) is 2.35. The summed E-state index contributed by atoms with van der Waals surface area (Å²) < 4.78 is 13.4. The first-order valence-corrected chi connectivity index (χ1v) is 7.43. The fourth-order valence-corrected chi connectivity index (χ4v) is 2.85. The lowest BCUT2D eigenvalue weighted by molar-refractivity contribution is 0.590. The molecule has 1 nitrogen and oxygen atoms in total. The molecule has 0 spiro atoms. The third-order valence-electron chi connectivity index (χ3n) is 3.24. The van der Waals surface area contributed by atoms with Crippen LogP contribution in [0, 0.1) is 12.7 Å². The molecule has 0 unspecified atom stereocenters. The van der Waals surface area contributed by atoms with Crippen molar-refractivity contribution in [2.24, 2.45) is 0 Å². The van der Waals surface area contributed by atoms with E-state index in [0.29, 0.717) is 11.3 Å². The summed E-state index contributed by atoms with van der Waals surface area (Å²) >= 11 is 1.56. The van der Waals surface area contributed by atoms with Crippen LogP contribution < -0.4 is 5.73 Å². The second-order valence-corrected chi connectivity index (χ2v) is 7.13. The van der Waals surface area contributed by atoms with Crippen LogP contribution in [0.1, 0.15) is 31.9 Å². The van der Waals surface area contributed by atoms with Crippen LogP contribution in [0.25, 0.3) is 0 Å². The molecule has 0 atom stereocenters. The first-order chi connectivity index (χ1) is 9.27. The number of aryl methyl sites for hydroxylation is 1. The van der Waals surface area contributed by atoms with E-state index in [1.54, 1.807) is 24.8 Å². The van der Waals surface area contributed by atoms with Gasteiger partial charge in [0, 0.05) is 15.5 Å². The predicted octanol–water partition coefficient (Wildman–Crippen LogP) is 5.17. The van der Waals surface area contributed by atoms with Crippen molar-refractivity contribution in [3.05, 3.63) is 53.3 Å². The van der Waals surface area contributed by atoms with Crippen molar-refractivity contribution in [1.82, 2.24) is 0 Å². The number of rotatable bonds is 2. The van der Waals surface area contributed by atoms with E-state index in [9.17, 15) is 4.39 Å². The molecule has 0 bridgehead atoms. The minimum Gasteiger partial charge on any atom is -0.398 e. The van der Waals surface area contributed by atoms with Crippen LogP contribution in [0.2, 0.25) is 0 Å².